The zero-order chi connectivity index (χ0) is 21.5. The van der Waals surface area contributed by atoms with E-state index >= 15 is 0 Å². The van der Waals surface area contributed by atoms with Crippen LogP contribution in [0.2, 0.25) is 0 Å². The second-order valence-electron chi connectivity index (χ2n) is 10.2. The number of carbonyl (C=O) groups is 3. The van der Waals surface area contributed by atoms with Crippen LogP contribution in [-0.2, 0) is 19.8 Å². The fourth-order valence-corrected chi connectivity index (χ4v) is 5.28. The van der Waals surface area contributed by atoms with Crippen LogP contribution in [0, 0.1) is 11.8 Å². The molecule has 3 aliphatic carbocycles. The van der Waals surface area contributed by atoms with E-state index in [9.17, 15) is 14.4 Å². The van der Waals surface area contributed by atoms with Gasteiger partial charge in [0.1, 0.15) is 11.6 Å². The quantitative estimate of drug-likeness (QED) is 0.769. The Bertz CT molecular complexity index is 930. The Morgan fingerprint density at radius 1 is 1.10 bits per heavy atom. The van der Waals surface area contributed by atoms with Gasteiger partial charge in [-0.25, -0.2) is 9.59 Å². The number of esters is 1. The van der Waals surface area contributed by atoms with Gasteiger partial charge in [-0.1, -0.05) is 12.1 Å². The monoisotopic (exact) mass is 412 g/mol. The fraction of sp³-hybridized carbons (Fsp3) is 0.609. The van der Waals surface area contributed by atoms with Gasteiger partial charge in [0.15, 0.2) is 0 Å². The zero-order valence-corrected chi connectivity index (χ0v) is 17.9. The first-order valence-electron chi connectivity index (χ1n) is 10.6. The summed E-state index contributed by atoms with van der Waals surface area (Å²) in [6.07, 6.45) is 3.00. The Labute approximate surface area is 176 Å². The van der Waals surface area contributed by atoms with Gasteiger partial charge < -0.3 is 14.8 Å². The lowest BCUT2D eigenvalue weighted by atomic mass is 10.0. The number of amides is 2. The number of carbonyl (C=O) groups excluding carboxylic acids is 3. The van der Waals surface area contributed by atoms with E-state index < -0.39 is 17.2 Å². The van der Waals surface area contributed by atoms with E-state index in [4.69, 9.17) is 9.47 Å². The number of rotatable bonds is 4. The molecule has 0 bridgehead atoms. The summed E-state index contributed by atoms with van der Waals surface area (Å²) in [6.45, 7) is 5.54. The molecular formula is C23H28N2O5. The minimum atomic E-state index is -0.592. The van der Waals surface area contributed by atoms with Crippen molar-refractivity contribution in [3.8, 4) is 0 Å². The SMILES string of the molecule is COC(=O)c1ccc(C2(NC(=O)C3CC4C5CC45N3C(=O)OC(C)(C)C)CC2)cc1. The van der Waals surface area contributed by atoms with Crippen LogP contribution in [-0.4, -0.2) is 47.2 Å². The molecule has 3 saturated carbocycles. The second kappa shape index (κ2) is 5.99. The maximum Gasteiger partial charge on any atom is 0.411 e. The summed E-state index contributed by atoms with van der Waals surface area (Å²) in [4.78, 5) is 39.6. The molecular weight excluding hydrogens is 384 g/mol. The van der Waals surface area contributed by atoms with E-state index in [1.165, 1.54) is 7.11 Å². The van der Waals surface area contributed by atoms with Gasteiger partial charge in [0.25, 0.3) is 0 Å². The Morgan fingerprint density at radius 3 is 2.30 bits per heavy atom. The molecule has 1 aliphatic heterocycles. The third-order valence-electron chi connectivity index (χ3n) is 7.15. The first-order valence-corrected chi connectivity index (χ1v) is 10.6. The van der Waals surface area contributed by atoms with Crippen molar-refractivity contribution in [3.05, 3.63) is 35.4 Å². The molecule has 2 amide bonds. The lowest BCUT2D eigenvalue weighted by Gasteiger charge is -2.32. The van der Waals surface area contributed by atoms with Crippen molar-refractivity contribution < 1.29 is 23.9 Å². The topological polar surface area (TPSA) is 84.9 Å². The van der Waals surface area contributed by atoms with Crippen molar-refractivity contribution in [2.75, 3.05) is 7.11 Å². The molecule has 0 radical (unpaired) electrons. The summed E-state index contributed by atoms with van der Waals surface area (Å²) in [5.41, 5.74) is 0.319. The highest BCUT2D eigenvalue weighted by Gasteiger charge is 2.87. The summed E-state index contributed by atoms with van der Waals surface area (Å²) in [6, 6.07) is 6.70. The Hall–Kier alpha value is -2.57. The second-order valence-corrected chi connectivity index (χ2v) is 10.2. The molecule has 160 valence electrons. The van der Waals surface area contributed by atoms with Crippen molar-refractivity contribution in [2.45, 2.75) is 69.2 Å². The summed E-state index contributed by atoms with van der Waals surface area (Å²) in [5.74, 6) is 0.500. The van der Waals surface area contributed by atoms with Crippen LogP contribution in [0.5, 0.6) is 0 Å². The van der Waals surface area contributed by atoms with E-state index in [0.717, 1.165) is 24.8 Å². The minimum absolute atomic E-state index is 0.109. The number of hydrogen-bond acceptors (Lipinski definition) is 5. The number of hydrogen-bond donors (Lipinski definition) is 1. The molecule has 1 aromatic carbocycles. The zero-order valence-electron chi connectivity index (χ0n) is 17.9. The van der Waals surface area contributed by atoms with Crippen molar-refractivity contribution >= 4 is 18.0 Å². The molecule has 30 heavy (non-hydrogen) atoms. The number of nitrogens with zero attached hydrogens (tertiary/aromatic N) is 1. The Balaban J connectivity index is 1.31. The predicted molar refractivity (Wildman–Crippen MR) is 108 cm³/mol. The average molecular weight is 412 g/mol. The van der Waals surface area contributed by atoms with Crippen molar-refractivity contribution in [1.82, 2.24) is 10.2 Å². The molecule has 4 unspecified atom stereocenters. The van der Waals surface area contributed by atoms with Gasteiger partial charge in [-0.15, -0.1) is 0 Å². The highest BCUT2D eigenvalue weighted by Crippen LogP contribution is 2.80. The standard InChI is InChI=1S/C23H28N2O5/c1-21(2,3)30-20(28)25-17(11-15-16-12-23(15,16)25)18(26)24-22(9-10-22)14-7-5-13(6-8-14)19(27)29-4/h5-8,15-17H,9-12H2,1-4H3,(H,24,26). The molecule has 7 heteroatoms. The van der Waals surface area contributed by atoms with Crippen molar-refractivity contribution in [2.24, 2.45) is 11.8 Å². The van der Waals surface area contributed by atoms with Gasteiger partial charge in [-0.3, -0.25) is 9.69 Å². The third-order valence-corrected chi connectivity index (χ3v) is 7.15. The summed E-state index contributed by atoms with van der Waals surface area (Å²) in [7, 11) is 1.35. The lowest BCUT2D eigenvalue weighted by Crippen LogP contribution is -2.52. The predicted octanol–water partition coefficient (Wildman–Crippen LogP) is 2.98. The van der Waals surface area contributed by atoms with Gasteiger partial charge in [-0.2, -0.15) is 0 Å². The van der Waals surface area contributed by atoms with Crippen LogP contribution in [0.4, 0.5) is 4.79 Å². The van der Waals surface area contributed by atoms with Crippen LogP contribution < -0.4 is 5.32 Å². The van der Waals surface area contributed by atoms with Crippen LogP contribution in [0.1, 0.15) is 62.4 Å². The summed E-state index contributed by atoms with van der Waals surface area (Å²) in [5, 5.41) is 3.21. The Kier molecular flexibility index (Phi) is 3.87. The number of benzene rings is 1. The summed E-state index contributed by atoms with van der Waals surface area (Å²) >= 11 is 0. The number of likely N-dealkylation sites (tertiary alicyclic amines) is 1. The largest absolute Gasteiger partial charge is 0.465 e. The number of nitrogens with one attached hydrogen (secondary N) is 1. The highest BCUT2D eigenvalue weighted by atomic mass is 16.6. The molecule has 1 spiro atoms. The van der Waals surface area contributed by atoms with Gasteiger partial charge in [0.05, 0.1) is 23.8 Å². The van der Waals surface area contributed by atoms with E-state index in [1.54, 1.807) is 17.0 Å². The third kappa shape index (κ3) is 2.81. The lowest BCUT2D eigenvalue weighted by molar-refractivity contribution is -0.127. The Morgan fingerprint density at radius 2 is 1.77 bits per heavy atom. The van der Waals surface area contributed by atoms with E-state index in [-0.39, 0.29) is 23.5 Å². The maximum atomic E-state index is 13.3. The first-order chi connectivity index (χ1) is 14.1. The van der Waals surface area contributed by atoms with E-state index in [1.807, 2.05) is 32.9 Å². The van der Waals surface area contributed by atoms with Crippen LogP contribution in [0.15, 0.2) is 24.3 Å². The first kappa shape index (κ1) is 19.4. The molecule has 5 rings (SSSR count). The fourth-order valence-electron chi connectivity index (χ4n) is 5.28. The number of ether oxygens (including phenoxy) is 2. The van der Waals surface area contributed by atoms with E-state index in [0.29, 0.717) is 23.8 Å². The van der Waals surface area contributed by atoms with Crippen LogP contribution in [0.25, 0.3) is 0 Å². The molecule has 0 aromatic heterocycles. The molecule has 4 atom stereocenters. The number of methoxy groups -OCH3 is 1. The van der Waals surface area contributed by atoms with Crippen molar-refractivity contribution in [1.29, 1.82) is 0 Å². The number of piperidine rings is 1. The van der Waals surface area contributed by atoms with Gasteiger partial charge in [-0.05, 0) is 76.0 Å². The van der Waals surface area contributed by atoms with Gasteiger partial charge >= 0.3 is 12.1 Å². The molecule has 7 nitrogen and oxygen atoms in total. The van der Waals surface area contributed by atoms with Gasteiger partial charge in [0.2, 0.25) is 5.91 Å². The average Bonchev–Trinajstić information content (AvgIpc) is 3.60. The van der Waals surface area contributed by atoms with Crippen LogP contribution >= 0.6 is 0 Å². The van der Waals surface area contributed by atoms with Crippen molar-refractivity contribution in [3.63, 3.8) is 0 Å². The molecule has 1 saturated heterocycles. The molecule has 4 fully saturated rings. The van der Waals surface area contributed by atoms with Crippen LogP contribution in [0.3, 0.4) is 0 Å². The maximum absolute atomic E-state index is 13.3. The minimum Gasteiger partial charge on any atom is -0.465 e. The number of fused-ring (bicyclic) bond motifs is 1. The molecule has 1 N–H and O–H groups in total. The molecule has 1 heterocycles. The highest BCUT2D eigenvalue weighted by molar-refractivity contribution is 5.90. The normalized spacial score (nSPS) is 31.9. The summed E-state index contributed by atoms with van der Waals surface area (Å²) < 4.78 is 10.4. The van der Waals surface area contributed by atoms with Gasteiger partial charge in [0, 0.05) is 0 Å². The molecule has 1 aromatic rings. The van der Waals surface area contributed by atoms with E-state index in [2.05, 4.69) is 5.32 Å². The molecule has 4 aliphatic rings. The smallest absolute Gasteiger partial charge is 0.411 e.